The Hall–Kier alpha value is -3.53. The molecule has 4 rings (SSSR count). The number of hydrogen-bond donors (Lipinski definition) is 3. The largest absolute Gasteiger partial charge is 0.394 e. The highest BCUT2D eigenvalue weighted by Gasteiger charge is 2.15. The standard InChI is InChI=1S/C15H14N8O2/c16-13-11(9-5-20-22(6-9)3-4-24)7-23(21-13)14-12-10(1-2-17-14)15(25)19-8-18-12/h1-2,5-8,24H,3-4H2,(H2,16,21)(H,18,19,25). The quantitative estimate of drug-likeness (QED) is 0.473. The second kappa shape index (κ2) is 5.83. The molecule has 10 heteroatoms. The van der Waals surface area contributed by atoms with Crippen molar-refractivity contribution in [1.29, 1.82) is 0 Å². The van der Waals surface area contributed by atoms with Crippen molar-refractivity contribution in [3.05, 3.63) is 47.5 Å². The first-order valence-electron chi connectivity index (χ1n) is 7.49. The number of anilines is 1. The van der Waals surface area contributed by atoms with Crippen molar-refractivity contribution in [1.82, 2.24) is 34.5 Å². The molecule has 126 valence electrons. The number of aromatic amines is 1. The zero-order valence-electron chi connectivity index (χ0n) is 13.0. The lowest BCUT2D eigenvalue weighted by Gasteiger charge is -2.03. The summed E-state index contributed by atoms with van der Waals surface area (Å²) < 4.78 is 3.10. The molecule has 0 fully saturated rings. The van der Waals surface area contributed by atoms with E-state index in [-0.39, 0.29) is 12.2 Å². The van der Waals surface area contributed by atoms with E-state index in [2.05, 4.69) is 25.1 Å². The van der Waals surface area contributed by atoms with Crippen molar-refractivity contribution in [2.75, 3.05) is 12.3 Å². The number of nitrogen functional groups attached to an aromatic ring is 1. The van der Waals surface area contributed by atoms with Crippen LogP contribution < -0.4 is 11.3 Å². The van der Waals surface area contributed by atoms with Gasteiger partial charge in [0.05, 0.1) is 31.1 Å². The summed E-state index contributed by atoms with van der Waals surface area (Å²) in [6, 6.07) is 1.59. The summed E-state index contributed by atoms with van der Waals surface area (Å²) in [7, 11) is 0. The predicted molar refractivity (Wildman–Crippen MR) is 90.0 cm³/mol. The number of H-pyrrole nitrogens is 1. The molecular weight excluding hydrogens is 324 g/mol. The van der Waals surface area contributed by atoms with E-state index in [1.54, 1.807) is 29.3 Å². The van der Waals surface area contributed by atoms with Gasteiger partial charge in [-0.05, 0) is 6.07 Å². The van der Waals surface area contributed by atoms with Gasteiger partial charge in [0.15, 0.2) is 11.6 Å². The third-order valence-electron chi connectivity index (χ3n) is 3.77. The minimum absolute atomic E-state index is 0.00396. The number of nitrogens with one attached hydrogen (secondary N) is 1. The summed E-state index contributed by atoms with van der Waals surface area (Å²) in [6.45, 7) is 0.390. The number of rotatable bonds is 4. The average Bonchev–Trinajstić information content (AvgIpc) is 3.22. The molecule has 0 spiro atoms. The fraction of sp³-hybridized carbons (Fsp3) is 0.133. The number of nitrogens with two attached hydrogens (primary N) is 1. The SMILES string of the molecule is Nc1nn(-c2nccc3c(=O)[nH]cnc23)cc1-c1cnn(CCO)c1. The molecule has 0 saturated heterocycles. The molecule has 0 aliphatic rings. The molecule has 0 saturated carbocycles. The minimum atomic E-state index is -0.251. The molecule has 0 atom stereocenters. The summed E-state index contributed by atoms with van der Waals surface area (Å²) >= 11 is 0. The van der Waals surface area contributed by atoms with E-state index < -0.39 is 0 Å². The molecule has 0 unspecified atom stereocenters. The molecule has 4 heterocycles. The van der Waals surface area contributed by atoms with E-state index >= 15 is 0 Å². The van der Waals surface area contributed by atoms with Gasteiger partial charge in [0.25, 0.3) is 5.56 Å². The van der Waals surface area contributed by atoms with E-state index in [0.717, 1.165) is 5.56 Å². The molecule has 25 heavy (non-hydrogen) atoms. The van der Waals surface area contributed by atoms with Crippen LogP contribution in [0, 0.1) is 0 Å². The first-order chi connectivity index (χ1) is 12.2. The van der Waals surface area contributed by atoms with Gasteiger partial charge in [-0.3, -0.25) is 9.48 Å². The predicted octanol–water partition coefficient (Wildman–Crippen LogP) is -0.0582. The second-order valence-corrected chi connectivity index (χ2v) is 5.35. The molecule has 0 radical (unpaired) electrons. The highest BCUT2D eigenvalue weighted by molar-refractivity contribution is 5.84. The second-order valence-electron chi connectivity index (χ2n) is 5.35. The van der Waals surface area contributed by atoms with Gasteiger partial charge in [0.2, 0.25) is 0 Å². The molecule has 0 aliphatic carbocycles. The lowest BCUT2D eigenvalue weighted by atomic mass is 10.2. The van der Waals surface area contributed by atoms with Gasteiger partial charge in [-0.25, -0.2) is 14.6 Å². The molecule has 10 nitrogen and oxygen atoms in total. The van der Waals surface area contributed by atoms with Crippen LogP contribution in [0.1, 0.15) is 0 Å². The zero-order chi connectivity index (χ0) is 17.4. The van der Waals surface area contributed by atoms with Gasteiger partial charge in [-0.15, -0.1) is 5.10 Å². The fourth-order valence-corrected chi connectivity index (χ4v) is 2.60. The van der Waals surface area contributed by atoms with Crippen molar-refractivity contribution >= 4 is 16.7 Å². The topological polar surface area (TPSA) is 141 Å². The number of pyridine rings is 1. The van der Waals surface area contributed by atoms with Crippen molar-refractivity contribution in [3.63, 3.8) is 0 Å². The molecular formula is C15H14N8O2. The Kier molecular flexibility index (Phi) is 3.51. The highest BCUT2D eigenvalue weighted by atomic mass is 16.3. The summed E-state index contributed by atoms with van der Waals surface area (Å²) in [5.41, 5.74) is 7.65. The van der Waals surface area contributed by atoms with Gasteiger partial charge in [0, 0.05) is 29.7 Å². The van der Waals surface area contributed by atoms with Crippen LogP contribution in [0.5, 0.6) is 0 Å². The smallest absolute Gasteiger partial charge is 0.258 e. The van der Waals surface area contributed by atoms with Gasteiger partial charge < -0.3 is 15.8 Å². The Bertz CT molecular complexity index is 1110. The monoisotopic (exact) mass is 338 g/mol. The highest BCUT2D eigenvalue weighted by Crippen LogP contribution is 2.26. The van der Waals surface area contributed by atoms with E-state index in [0.29, 0.717) is 34.6 Å². The van der Waals surface area contributed by atoms with Crippen LogP contribution in [-0.4, -0.2) is 46.2 Å². The third kappa shape index (κ3) is 2.54. The average molecular weight is 338 g/mol. The number of aromatic nitrogens is 7. The molecule has 4 aromatic rings. The number of nitrogens with zero attached hydrogens (tertiary/aromatic N) is 6. The summed E-state index contributed by atoms with van der Waals surface area (Å²) in [4.78, 5) is 22.9. The molecule has 0 aromatic carbocycles. The van der Waals surface area contributed by atoms with Crippen LogP contribution in [0.4, 0.5) is 5.82 Å². The molecule has 0 bridgehead atoms. The van der Waals surface area contributed by atoms with Gasteiger partial charge in [0.1, 0.15) is 5.52 Å². The summed E-state index contributed by atoms with van der Waals surface area (Å²) in [5, 5.41) is 17.8. The molecule has 0 amide bonds. The maximum atomic E-state index is 11.9. The van der Waals surface area contributed by atoms with E-state index in [9.17, 15) is 4.79 Å². The Labute approximate surface area is 140 Å². The van der Waals surface area contributed by atoms with Gasteiger partial charge in [-0.2, -0.15) is 5.10 Å². The zero-order valence-corrected chi connectivity index (χ0v) is 13.0. The normalized spacial score (nSPS) is 11.2. The van der Waals surface area contributed by atoms with Crippen LogP contribution >= 0.6 is 0 Å². The Morgan fingerprint density at radius 3 is 3.00 bits per heavy atom. The van der Waals surface area contributed by atoms with E-state index in [1.165, 1.54) is 17.2 Å². The number of hydrogen-bond acceptors (Lipinski definition) is 7. The molecule has 4 N–H and O–H groups in total. The molecule has 0 aliphatic heterocycles. The van der Waals surface area contributed by atoms with Crippen LogP contribution in [0.25, 0.3) is 27.8 Å². The number of aliphatic hydroxyl groups excluding tert-OH is 1. The van der Waals surface area contributed by atoms with Gasteiger partial charge >= 0.3 is 0 Å². The summed E-state index contributed by atoms with van der Waals surface area (Å²) in [6.07, 6.45) is 7.97. The number of aliphatic hydroxyl groups is 1. The van der Waals surface area contributed by atoms with Crippen molar-refractivity contribution in [3.8, 4) is 16.9 Å². The Balaban J connectivity index is 1.83. The first-order valence-corrected chi connectivity index (χ1v) is 7.49. The molecule has 4 aromatic heterocycles. The van der Waals surface area contributed by atoms with Crippen molar-refractivity contribution in [2.45, 2.75) is 6.54 Å². The van der Waals surface area contributed by atoms with Crippen molar-refractivity contribution in [2.24, 2.45) is 0 Å². The Morgan fingerprint density at radius 1 is 1.28 bits per heavy atom. The van der Waals surface area contributed by atoms with Crippen LogP contribution in [0.15, 0.2) is 42.0 Å². The van der Waals surface area contributed by atoms with Gasteiger partial charge in [-0.1, -0.05) is 0 Å². The first kappa shape index (κ1) is 15.0. The maximum absolute atomic E-state index is 11.9. The van der Waals surface area contributed by atoms with Crippen LogP contribution in [0.2, 0.25) is 0 Å². The van der Waals surface area contributed by atoms with Crippen molar-refractivity contribution < 1.29 is 5.11 Å². The third-order valence-corrected chi connectivity index (χ3v) is 3.77. The Morgan fingerprint density at radius 2 is 2.16 bits per heavy atom. The van der Waals surface area contributed by atoms with E-state index in [4.69, 9.17) is 10.8 Å². The lowest BCUT2D eigenvalue weighted by Crippen LogP contribution is -2.09. The number of fused-ring (bicyclic) bond motifs is 1. The minimum Gasteiger partial charge on any atom is -0.394 e. The van der Waals surface area contributed by atoms with E-state index in [1.807, 2.05) is 0 Å². The van der Waals surface area contributed by atoms with Crippen LogP contribution in [0.3, 0.4) is 0 Å². The fourth-order valence-electron chi connectivity index (χ4n) is 2.60. The summed E-state index contributed by atoms with van der Waals surface area (Å²) in [5.74, 6) is 0.705. The lowest BCUT2D eigenvalue weighted by molar-refractivity contribution is 0.269. The maximum Gasteiger partial charge on any atom is 0.258 e. The van der Waals surface area contributed by atoms with Crippen LogP contribution in [-0.2, 0) is 6.54 Å².